The maximum atomic E-state index is 12.5. The Labute approximate surface area is 221 Å². The number of nitriles is 1. The van der Waals surface area contributed by atoms with Crippen LogP contribution in [0.25, 0.3) is 6.08 Å². The highest BCUT2D eigenvalue weighted by atomic mass is 79.9. The molecule has 0 heterocycles. The van der Waals surface area contributed by atoms with Gasteiger partial charge in [-0.15, -0.1) is 0 Å². The fraction of sp³-hybridized carbons (Fsp3) is 0.148. The third-order valence-corrected chi connectivity index (χ3v) is 6.19. The van der Waals surface area contributed by atoms with Crippen LogP contribution in [0.1, 0.15) is 22.3 Å². The van der Waals surface area contributed by atoms with E-state index >= 15 is 0 Å². The first-order valence-electron chi connectivity index (χ1n) is 10.7. The van der Waals surface area contributed by atoms with Crippen molar-refractivity contribution in [3.63, 3.8) is 0 Å². The normalized spacial score (nSPS) is 10.9. The van der Waals surface area contributed by atoms with Gasteiger partial charge in [-0.2, -0.15) is 5.26 Å². The van der Waals surface area contributed by atoms with E-state index in [1.807, 2.05) is 68.4 Å². The van der Waals surface area contributed by atoms with Crippen LogP contribution in [0.2, 0.25) is 0 Å². The predicted molar refractivity (Wildman–Crippen MR) is 144 cm³/mol. The van der Waals surface area contributed by atoms with Gasteiger partial charge in [-0.3, -0.25) is 9.59 Å². The summed E-state index contributed by atoms with van der Waals surface area (Å²) in [7, 11) is 0. The van der Waals surface area contributed by atoms with E-state index in [-0.39, 0.29) is 18.1 Å². The Morgan fingerprint density at radius 2 is 1.71 bits per heavy atom. The van der Waals surface area contributed by atoms with Gasteiger partial charge in [-0.25, -0.2) is 0 Å². The summed E-state index contributed by atoms with van der Waals surface area (Å²) in [5.74, 6) is -0.319. The van der Waals surface area contributed by atoms with Gasteiger partial charge in [0.15, 0.2) is 6.61 Å². The van der Waals surface area contributed by atoms with Crippen molar-refractivity contribution in [1.29, 1.82) is 5.26 Å². The average molecular weight is 597 g/mol. The van der Waals surface area contributed by atoms with Gasteiger partial charge in [-0.05, 0) is 92.2 Å². The molecule has 178 valence electrons. The molecule has 0 aliphatic heterocycles. The van der Waals surface area contributed by atoms with E-state index in [0.717, 1.165) is 22.4 Å². The largest absolute Gasteiger partial charge is 0.481 e. The summed E-state index contributed by atoms with van der Waals surface area (Å²) >= 11 is 6.89. The highest BCUT2D eigenvalue weighted by Gasteiger charge is 2.14. The van der Waals surface area contributed by atoms with Crippen molar-refractivity contribution in [2.75, 3.05) is 11.9 Å². The zero-order chi connectivity index (χ0) is 25.4. The lowest BCUT2D eigenvalue weighted by molar-refractivity contribution is -0.118. The second-order valence-electron chi connectivity index (χ2n) is 7.81. The maximum Gasteiger partial charge on any atom is 0.262 e. The van der Waals surface area contributed by atoms with E-state index in [4.69, 9.17) is 4.74 Å². The number of anilines is 1. The Balaban J connectivity index is 1.66. The van der Waals surface area contributed by atoms with Gasteiger partial charge in [0.1, 0.15) is 17.4 Å². The number of nitrogens with zero attached hydrogens (tertiary/aromatic N) is 1. The van der Waals surface area contributed by atoms with Crippen LogP contribution in [-0.4, -0.2) is 18.4 Å². The second-order valence-corrected chi connectivity index (χ2v) is 9.52. The monoisotopic (exact) mass is 595 g/mol. The smallest absolute Gasteiger partial charge is 0.262 e. The molecular formula is C27H23Br2N3O3. The summed E-state index contributed by atoms with van der Waals surface area (Å²) in [4.78, 5) is 24.9. The first-order valence-corrected chi connectivity index (χ1v) is 12.3. The van der Waals surface area contributed by atoms with Crippen molar-refractivity contribution in [2.45, 2.75) is 20.4 Å². The standard InChI is InChI=1S/C27H23Br2N3O3/c1-17-8-9-18(2)24(10-17)32-25(33)16-35-26-22(28)12-20(13-23(26)29)11-21(14-30)27(34)31-15-19-6-4-3-5-7-19/h3-13H,15-16H2,1-2H3,(H,31,34)(H,32,33)/b21-11+. The number of aryl methyl sites for hydroxylation is 2. The molecule has 8 heteroatoms. The fourth-order valence-electron chi connectivity index (χ4n) is 3.18. The van der Waals surface area contributed by atoms with E-state index < -0.39 is 5.91 Å². The molecule has 3 aromatic carbocycles. The van der Waals surface area contributed by atoms with Crippen molar-refractivity contribution >= 4 is 55.4 Å². The van der Waals surface area contributed by atoms with Crippen molar-refractivity contribution in [1.82, 2.24) is 5.32 Å². The summed E-state index contributed by atoms with van der Waals surface area (Å²) in [6.45, 7) is 4.02. The molecule has 0 saturated heterocycles. The minimum atomic E-state index is -0.466. The van der Waals surface area contributed by atoms with Gasteiger partial charge < -0.3 is 15.4 Å². The number of benzene rings is 3. The summed E-state index contributed by atoms with van der Waals surface area (Å²) < 4.78 is 6.86. The molecule has 0 aliphatic carbocycles. The Morgan fingerprint density at radius 1 is 1.03 bits per heavy atom. The molecule has 0 bridgehead atoms. The van der Waals surface area contributed by atoms with E-state index in [1.54, 1.807) is 12.1 Å². The van der Waals surface area contributed by atoms with Gasteiger partial charge in [-0.1, -0.05) is 42.5 Å². The molecular weight excluding hydrogens is 574 g/mol. The Bertz CT molecular complexity index is 1290. The predicted octanol–water partition coefficient (Wildman–Crippen LogP) is 6.07. The number of hydrogen-bond donors (Lipinski definition) is 2. The molecule has 2 N–H and O–H groups in total. The molecule has 6 nitrogen and oxygen atoms in total. The highest BCUT2D eigenvalue weighted by Crippen LogP contribution is 2.35. The number of rotatable bonds is 8. The van der Waals surface area contributed by atoms with E-state index in [2.05, 4.69) is 42.5 Å². The Hall–Kier alpha value is -3.41. The number of carbonyl (C=O) groups excluding carboxylic acids is 2. The lowest BCUT2D eigenvalue weighted by Crippen LogP contribution is -2.23. The molecule has 3 rings (SSSR count). The van der Waals surface area contributed by atoms with Crippen LogP contribution in [0, 0.1) is 25.2 Å². The summed E-state index contributed by atoms with van der Waals surface area (Å²) in [6.07, 6.45) is 1.49. The van der Waals surface area contributed by atoms with Gasteiger partial charge >= 0.3 is 0 Å². The summed E-state index contributed by atoms with van der Waals surface area (Å²) in [6, 6.07) is 20.7. The van der Waals surface area contributed by atoms with Crippen LogP contribution in [0.4, 0.5) is 5.69 Å². The first kappa shape index (κ1) is 26.2. The van der Waals surface area contributed by atoms with Gasteiger partial charge in [0.2, 0.25) is 0 Å². The molecule has 0 aliphatic rings. The van der Waals surface area contributed by atoms with E-state index in [1.165, 1.54) is 6.08 Å². The Kier molecular flexibility index (Phi) is 9.24. The average Bonchev–Trinajstić information content (AvgIpc) is 2.83. The second kappa shape index (κ2) is 12.3. The highest BCUT2D eigenvalue weighted by molar-refractivity contribution is 9.11. The zero-order valence-corrected chi connectivity index (χ0v) is 22.4. The topological polar surface area (TPSA) is 91.2 Å². The molecule has 2 amide bonds. The lowest BCUT2D eigenvalue weighted by atomic mass is 10.1. The SMILES string of the molecule is Cc1ccc(C)c(NC(=O)COc2c(Br)cc(/C=C(\C#N)C(=O)NCc3ccccc3)cc2Br)c1. The van der Waals surface area contributed by atoms with Crippen molar-refractivity contribution in [2.24, 2.45) is 0 Å². The molecule has 0 saturated carbocycles. The van der Waals surface area contributed by atoms with E-state index in [9.17, 15) is 14.9 Å². The number of carbonyl (C=O) groups is 2. The van der Waals surface area contributed by atoms with Crippen molar-refractivity contribution in [3.05, 3.63) is 97.4 Å². The molecule has 3 aromatic rings. The Morgan fingerprint density at radius 3 is 2.37 bits per heavy atom. The quantitative estimate of drug-likeness (QED) is 0.244. The third-order valence-electron chi connectivity index (χ3n) is 5.01. The number of nitrogens with one attached hydrogen (secondary N) is 2. The van der Waals surface area contributed by atoms with Gasteiger partial charge in [0.25, 0.3) is 11.8 Å². The molecule has 0 atom stereocenters. The number of halogens is 2. The fourth-order valence-corrected chi connectivity index (χ4v) is 4.63. The number of hydrogen-bond acceptors (Lipinski definition) is 4. The van der Waals surface area contributed by atoms with Crippen LogP contribution < -0.4 is 15.4 Å². The van der Waals surface area contributed by atoms with Gasteiger partial charge in [0, 0.05) is 12.2 Å². The molecule has 0 fully saturated rings. The molecule has 0 spiro atoms. The first-order chi connectivity index (χ1) is 16.8. The summed E-state index contributed by atoms with van der Waals surface area (Å²) in [5.41, 5.74) is 4.28. The third kappa shape index (κ3) is 7.54. The molecule has 0 unspecified atom stereocenters. The summed E-state index contributed by atoms with van der Waals surface area (Å²) in [5, 5.41) is 15.1. The van der Waals surface area contributed by atoms with Crippen LogP contribution >= 0.6 is 31.9 Å². The van der Waals surface area contributed by atoms with Crippen LogP contribution in [0.5, 0.6) is 5.75 Å². The minimum Gasteiger partial charge on any atom is -0.481 e. The van der Waals surface area contributed by atoms with Crippen LogP contribution in [0.15, 0.2) is 75.2 Å². The molecule has 0 radical (unpaired) electrons. The minimum absolute atomic E-state index is 0.0266. The van der Waals surface area contributed by atoms with Crippen LogP contribution in [0.3, 0.4) is 0 Å². The molecule has 0 aromatic heterocycles. The maximum absolute atomic E-state index is 12.5. The van der Waals surface area contributed by atoms with Crippen LogP contribution in [-0.2, 0) is 16.1 Å². The zero-order valence-electron chi connectivity index (χ0n) is 19.2. The number of ether oxygens (including phenoxy) is 1. The van der Waals surface area contributed by atoms with E-state index in [0.29, 0.717) is 26.8 Å². The van der Waals surface area contributed by atoms with Crippen molar-refractivity contribution < 1.29 is 14.3 Å². The molecule has 35 heavy (non-hydrogen) atoms. The van der Waals surface area contributed by atoms with Crippen molar-refractivity contribution in [3.8, 4) is 11.8 Å². The lowest BCUT2D eigenvalue weighted by Gasteiger charge is -2.13. The number of amides is 2. The van der Waals surface area contributed by atoms with Gasteiger partial charge in [0.05, 0.1) is 8.95 Å².